The van der Waals surface area contributed by atoms with Crippen molar-refractivity contribution in [1.29, 1.82) is 0 Å². The molecule has 126 valence electrons. The average molecular weight is 317 g/mol. The third kappa shape index (κ3) is 4.21. The summed E-state index contributed by atoms with van der Waals surface area (Å²) in [4.78, 5) is 14.8. The largest absolute Gasteiger partial charge is 0.463 e. The van der Waals surface area contributed by atoms with Gasteiger partial charge in [-0.25, -0.2) is 4.79 Å². The second-order valence-electron chi connectivity index (χ2n) is 6.55. The summed E-state index contributed by atoms with van der Waals surface area (Å²) in [6.45, 7) is 5.96. The molecule has 1 unspecified atom stereocenters. The van der Waals surface area contributed by atoms with E-state index in [0.717, 1.165) is 25.9 Å². The second-order valence-corrected chi connectivity index (χ2v) is 6.55. The number of carbonyl (C=O) groups excluding carboxylic acids is 1. The minimum Gasteiger partial charge on any atom is -0.463 e. The van der Waals surface area contributed by atoms with Gasteiger partial charge in [0.15, 0.2) is 5.60 Å². The first-order valence-electron chi connectivity index (χ1n) is 8.26. The van der Waals surface area contributed by atoms with Gasteiger partial charge >= 0.3 is 5.97 Å². The van der Waals surface area contributed by atoms with E-state index in [1.54, 1.807) is 12.1 Å². The van der Waals surface area contributed by atoms with E-state index in [1.807, 2.05) is 32.0 Å². The lowest BCUT2D eigenvalue weighted by molar-refractivity contribution is -0.172. The van der Waals surface area contributed by atoms with E-state index in [-0.39, 0.29) is 5.92 Å². The Morgan fingerprint density at radius 3 is 2.61 bits per heavy atom. The van der Waals surface area contributed by atoms with Gasteiger partial charge in [-0.1, -0.05) is 55.8 Å². The van der Waals surface area contributed by atoms with Crippen molar-refractivity contribution >= 4 is 5.97 Å². The van der Waals surface area contributed by atoms with Crippen LogP contribution in [0, 0.1) is 5.92 Å². The lowest BCUT2D eigenvalue weighted by atomic mass is 9.83. The lowest BCUT2D eigenvalue weighted by Crippen LogP contribution is -2.42. The molecule has 1 atom stereocenters. The molecule has 0 aliphatic carbocycles. The number of benzene rings is 1. The SMILES string of the molecule is CC(C)C(O)(C(=O)OCCC1=CCN(C)CC1)c1ccccc1. The maximum atomic E-state index is 12.5. The van der Waals surface area contributed by atoms with Crippen molar-refractivity contribution in [2.45, 2.75) is 32.3 Å². The number of rotatable bonds is 6. The smallest absolute Gasteiger partial charge is 0.343 e. The van der Waals surface area contributed by atoms with Gasteiger partial charge in [-0.15, -0.1) is 0 Å². The zero-order chi connectivity index (χ0) is 16.9. The van der Waals surface area contributed by atoms with E-state index in [2.05, 4.69) is 18.0 Å². The van der Waals surface area contributed by atoms with Gasteiger partial charge in [0.25, 0.3) is 0 Å². The zero-order valence-electron chi connectivity index (χ0n) is 14.3. The van der Waals surface area contributed by atoms with Crippen LogP contribution in [-0.2, 0) is 15.1 Å². The molecule has 0 radical (unpaired) electrons. The van der Waals surface area contributed by atoms with Gasteiger partial charge < -0.3 is 14.7 Å². The molecule has 0 saturated carbocycles. The first-order valence-corrected chi connectivity index (χ1v) is 8.26. The number of hydrogen-bond acceptors (Lipinski definition) is 4. The quantitative estimate of drug-likeness (QED) is 0.647. The predicted molar refractivity (Wildman–Crippen MR) is 90.9 cm³/mol. The normalized spacial score (nSPS) is 18.4. The Kier molecular flexibility index (Phi) is 5.97. The van der Waals surface area contributed by atoms with Crippen molar-refractivity contribution in [2.75, 3.05) is 26.7 Å². The highest BCUT2D eigenvalue weighted by molar-refractivity contribution is 5.81. The van der Waals surface area contributed by atoms with E-state index in [1.165, 1.54) is 5.57 Å². The standard InChI is InChI=1S/C19H27NO3/c1-15(2)19(22,17-7-5-4-6-8-17)18(21)23-14-11-16-9-12-20(3)13-10-16/h4-9,15,22H,10-14H2,1-3H3. The van der Waals surface area contributed by atoms with E-state index < -0.39 is 11.6 Å². The molecule has 1 aliphatic heterocycles. The van der Waals surface area contributed by atoms with Crippen LogP contribution < -0.4 is 0 Å². The summed E-state index contributed by atoms with van der Waals surface area (Å²) >= 11 is 0. The van der Waals surface area contributed by atoms with E-state index in [9.17, 15) is 9.90 Å². The van der Waals surface area contributed by atoms with Crippen molar-refractivity contribution < 1.29 is 14.6 Å². The van der Waals surface area contributed by atoms with Crippen molar-refractivity contribution in [3.05, 3.63) is 47.5 Å². The van der Waals surface area contributed by atoms with Gasteiger partial charge in [-0.2, -0.15) is 0 Å². The van der Waals surface area contributed by atoms with Gasteiger partial charge in [0, 0.05) is 19.5 Å². The summed E-state index contributed by atoms with van der Waals surface area (Å²) in [6, 6.07) is 9.03. The Morgan fingerprint density at radius 2 is 2.04 bits per heavy atom. The fraction of sp³-hybridized carbons (Fsp3) is 0.526. The molecule has 1 N–H and O–H groups in total. The fourth-order valence-electron chi connectivity index (χ4n) is 2.80. The maximum absolute atomic E-state index is 12.5. The molecule has 1 aromatic carbocycles. The van der Waals surface area contributed by atoms with Crippen LogP contribution >= 0.6 is 0 Å². The molecule has 0 spiro atoms. The van der Waals surface area contributed by atoms with Gasteiger partial charge in [-0.3, -0.25) is 0 Å². The number of ether oxygens (including phenoxy) is 1. The molecule has 4 heteroatoms. The summed E-state index contributed by atoms with van der Waals surface area (Å²) in [7, 11) is 2.09. The van der Waals surface area contributed by atoms with Gasteiger partial charge in [0.2, 0.25) is 0 Å². The van der Waals surface area contributed by atoms with Crippen molar-refractivity contribution in [1.82, 2.24) is 4.90 Å². The molecule has 1 aromatic rings. The summed E-state index contributed by atoms with van der Waals surface area (Å²) in [5.74, 6) is -0.827. The molecule has 0 saturated heterocycles. The maximum Gasteiger partial charge on any atom is 0.343 e. The molecule has 1 aliphatic rings. The Labute approximate surface area is 138 Å². The number of carbonyl (C=O) groups is 1. The van der Waals surface area contributed by atoms with Crippen LogP contribution in [0.2, 0.25) is 0 Å². The Hall–Kier alpha value is -1.65. The van der Waals surface area contributed by atoms with Gasteiger partial charge in [0.05, 0.1) is 6.61 Å². The molecule has 23 heavy (non-hydrogen) atoms. The highest BCUT2D eigenvalue weighted by atomic mass is 16.5. The molecule has 0 fully saturated rings. The topological polar surface area (TPSA) is 49.8 Å². The molecule has 2 rings (SSSR count). The fourth-order valence-corrected chi connectivity index (χ4v) is 2.80. The minimum absolute atomic E-state index is 0.264. The number of esters is 1. The van der Waals surface area contributed by atoms with Crippen LogP contribution in [0.1, 0.15) is 32.3 Å². The second kappa shape index (κ2) is 7.75. The summed E-state index contributed by atoms with van der Waals surface area (Å²) in [6.07, 6.45) is 3.95. The number of likely N-dealkylation sites (N-methyl/N-ethyl adjacent to an activating group) is 1. The average Bonchev–Trinajstić information content (AvgIpc) is 2.56. The summed E-state index contributed by atoms with van der Waals surface area (Å²) < 4.78 is 5.41. The summed E-state index contributed by atoms with van der Waals surface area (Å²) in [5, 5.41) is 10.9. The number of nitrogens with zero attached hydrogens (tertiary/aromatic N) is 1. The minimum atomic E-state index is -1.59. The molecular weight excluding hydrogens is 290 g/mol. The molecule has 0 bridgehead atoms. The lowest BCUT2D eigenvalue weighted by Gasteiger charge is -2.30. The molecular formula is C19H27NO3. The highest BCUT2D eigenvalue weighted by Crippen LogP contribution is 2.31. The Balaban J connectivity index is 1.97. The van der Waals surface area contributed by atoms with Crippen molar-refractivity contribution in [3.63, 3.8) is 0 Å². The van der Waals surface area contributed by atoms with Crippen molar-refractivity contribution in [2.24, 2.45) is 5.92 Å². The molecule has 1 heterocycles. The first-order chi connectivity index (χ1) is 10.9. The van der Waals surface area contributed by atoms with Gasteiger partial charge in [-0.05, 0) is 24.9 Å². The number of aliphatic hydroxyl groups is 1. The van der Waals surface area contributed by atoms with E-state index in [4.69, 9.17) is 4.74 Å². The number of hydrogen-bond donors (Lipinski definition) is 1. The monoisotopic (exact) mass is 317 g/mol. The zero-order valence-corrected chi connectivity index (χ0v) is 14.3. The molecule has 4 nitrogen and oxygen atoms in total. The first kappa shape index (κ1) is 17.7. The van der Waals surface area contributed by atoms with Crippen LogP contribution in [-0.4, -0.2) is 42.7 Å². The third-order valence-electron chi connectivity index (χ3n) is 4.52. The van der Waals surface area contributed by atoms with E-state index >= 15 is 0 Å². The molecule has 0 aromatic heterocycles. The van der Waals surface area contributed by atoms with Crippen LogP contribution in [0.3, 0.4) is 0 Å². The van der Waals surface area contributed by atoms with Crippen LogP contribution in [0.4, 0.5) is 0 Å². The highest BCUT2D eigenvalue weighted by Gasteiger charge is 2.42. The van der Waals surface area contributed by atoms with Gasteiger partial charge in [0.1, 0.15) is 0 Å². The summed E-state index contributed by atoms with van der Waals surface area (Å²) in [5.41, 5.74) is 0.310. The van der Waals surface area contributed by atoms with Crippen LogP contribution in [0.25, 0.3) is 0 Å². The molecule has 0 amide bonds. The third-order valence-corrected chi connectivity index (χ3v) is 4.52. The van der Waals surface area contributed by atoms with Crippen LogP contribution in [0.15, 0.2) is 42.0 Å². The van der Waals surface area contributed by atoms with Crippen molar-refractivity contribution in [3.8, 4) is 0 Å². The Bertz CT molecular complexity index is 553. The predicted octanol–water partition coefficient (Wildman–Crippen LogP) is 2.73. The van der Waals surface area contributed by atoms with Crippen LogP contribution in [0.5, 0.6) is 0 Å². The van der Waals surface area contributed by atoms with E-state index in [0.29, 0.717) is 12.2 Å². The Morgan fingerprint density at radius 1 is 1.35 bits per heavy atom.